The minimum absolute atomic E-state index is 0.225. The number of aliphatic hydroxyl groups is 1. The van der Waals surface area contributed by atoms with Crippen LogP contribution in [0.25, 0.3) is 0 Å². The summed E-state index contributed by atoms with van der Waals surface area (Å²) < 4.78 is 11.0. The number of carboxylic acids is 1. The van der Waals surface area contributed by atoms with Crippen LogP contribution in [-0.2, 0) is 14.3 Å². The minimum Gasteiger partial charge on any atom is -0.480 e. The number of unbranched alkanes of at least 4 members (excludes halogenated alkanes) is 15. The van der Waals surface area contributed by atoms with E-state index in [9.17, 15) is 9.90 Å². The number of carboxylic acid groups (broad SMARTS) is 1. The van der Waals surface area contributed by atoms with Crippen molar-refractivity contribution in [2.75, 3.05) is 26.9 Å². The molecule has 0 aliphatic heterocycles. The smallest absolute Gasteiger partial charge is 0.323 e. The van der Waals surface area contributed by atoms with Crippen LogP contribution in [0.15, 0.2) is 0 Å². The Kier molecular flexibility index (Phi) is 23.0. The second-order valence-electron chi connectivity index (χ2n) is 9.20. The predicted octanol–water partition coefficient (Wildman–Crippen LogP) is 5.70. The fourth-order valence-electron chi connectivity index (χ4n) is 3.90. The summed E-state index contributed by atoms with van der Waals surface area (Å²) in [5.74, 6) is -1.07. The van der Waals surface area contributed by atoms with Gasteiger partial charge in [-0.15, -0.1) is 0 Å². The zero-order valence-electron chi connectivity index (χ0n) is 21.3. The van der Waals surface area contributed by atoms with Crippen LogP contribution in [0.4, 0.5) is 0 Å². The summed E-state index contributed by atoms with van der Waals surface area (Å²) >= 11 is 0. The molecule has 32 heavy (non-hydrogen) atoms. The summed E-state index contributed by atoms with van der Waals surface area (Å²) in [5, 5.41) is 21.4. The molecule has 6 heteroatoms. The van der Waals surface area contributed by atoms with Gasteiger partial charge in [0.1, 0.15) is 6.04 Å². The van der Waals surface area contributed by atoms with Crippen molar-refractivity contribution in [1.29, 1.82) is 0 Å². The quantitative estimate of drug-likeness (QED) is 0.152. The molecule has 0 saturated heterocycles. The number of aliphatic hydroxyl groups excluding tert-OH is 1. The van der Waals surface area contributed by atoms with Crippen LogP contribution in [0.5, 0.6) is 0 Å². The molecule has 0 saturated carbocycles. The highest BCUT2D eigenvalue weighted by molar-refractivity contribution is 5.74. The highest BCUT2D eigenvalue weighted by Crippen LogP contribution is 2.13. The van der Waals surface area contributed by atoms with Crippen molar-refractivity contribution >= 4 is 5.97 Å². The number of aliphatic carboxylic acids is 1. The van der Waals surface area contributed by atoms with Crippen molar-refractivity contribution in [3.63, 3.8) is 0 Å². The summed E-state index contributed by atoms with van der Waals surface area (Å²) in [6.07, 6.45) is 20.5. The van der Waals surface area contributed by atoms with E-state index in [1.807, 2.05) is 0 Å². The molecule has 0 bridgehead atoms. The molecule has 3 unspecified atom stereocenters. The van der Waals surface area contributed by atoms with Gasteiger partial charge in [-0.1, -0.05) is 103 Å². The average Bonchev–Trinajstić information content (AvgIpc) is 2.76. The van der Waals surface area contributed by atoms with E-state index in [0.717, 1.165) is 6.42 Å². The van der Waals surface area contributed by atoms with Crippen molar-refractivity contribution in [3.05, 3.63) is 0 Å². The van der Waals surface area contributed by atoms with E-state index >= 15 is 0 Å². The molecular weight excluding hydrogens is 406 g/mol. The Morgan fingerprint density at radius 3 is 1.62 bits per heavy atom. The van der Waals surface area contributed by atoms with Gasteiger partial charge in [0.05, 0.1) is 18.8 Å². The van der Waals surface area contributed by atoms with Gasteiger partial charge in [-0.05, 0) is 13.3 Å². The highest BCUT2D eigenvalue weighted by atomic mass is 16.5. The van der Waals surface area contributed by atoms with Gasteiger partial charge in [0.2, 0.25) is 0 Å². The Labute approximate surface area is 197 Å². The maximum absolute atomic E-state index is 11.1. The molecule has 0 fully saturated rings. The maximum atomic E-state index is 11.1. The summed E-state index contributed by atoms with van der Waals surface area (Å²) in [4.78, 5) is 11.1. The second-order valence-corrected chi connectivity index (χ2v) is 9.20. The van der Waals surface area contributed by atoms with Gasteiger partial charge in [-0.2, -0.15) is 0 Å². The molecule has 0 amide bonds. The van der Waals surface area contributed by atoms with Crippen LogP contribution in [0.2, 0.25) is 0 Å². The van der Waals surface area contributed by atoms with E-state index in [1.165, 1.54) is 103 Å². The van der Waals surface area contributed by atoms with Gasteiger partial charge >= 0.3 is 5.97 Å². The van der Waals surface area contributed by atoms with Crippen LogP contribution in [0.3, 0.4) is 0 Å². The lowest BCUT2D eigenvalue weighted by Gasteiger charge is -2.21. The number of nitrogens with one attached hydrogen (secondary N) is 1. The molecule has 0 aromatic heterocycles. The number of hydrogen-bond acceptors (Lipinski definition) is 5. The first-order valence-corrected chi connectivity index (χ1v) is 13.3. The van der Waals surface area contributed by atoms with Gasteiger partial charge in [-0.3, -0.25) is 10.1 Å². The lowest BCUT2D eigenvalue weighted by molar-refractivity contribution is -0.142. The summed E-state index contributed by atoms with van der Waals surface area (Å²) in [7, 11) is 1.59. The van der Waals surface area contributed by atoms with E-state index in [4.69, 9.17) is 14.6 Å². The first-order valence-electron chi connectivity index (χ1n) is 13.3. The third kappa shape index (κ3) is 20.0. The lowest BCUT2D eigenvalue weighted by atomic mass is 10.0. The van der Waals surface area contributed by atoms with Crippen molar-refractivity contribution in [1.82, 2.24) is 5.32 Å². The normalized spacial score (nSPS) is 14.4. The molecule has 3 atom stereocenters. The molecule has 0 heterocycles. The number of rotatable bonds is 25. The number of ether oxygens (including phenoxy) is 2. The number of hydrogen-bond donors (Lipinski definition) is 3. The minimum atomic E-state index is -1.07. The van der Waals surface area contributed by atoms with Crippen LogP contribution >= 0.6 is 0 Å². The zero-order chi connectivity index (χ0) is 23.9. The summed E-state index contributed by atoms with van der Waals surface area (Å²) in [6.45, 7) is 5.20. The highest BCUT2D eigenvalue weighted by Gasteiger charge is 2.23. The molecule has 0 aromatic carbocycles. The van der Waals surface area contributed by atoms with Gasteiger partial charge in [-0.25, -0.2) is 0 Å². The first kappa shape index (κ1) is 31.3. The molecule has 0 radical (unpaired) electrons. The van der Waals surface area contributed by atoms with Crippen molar-refractivity contribution in [2.24, 2.45) is 0 Å². The predicted molar refractivity (Wildman–Crippen MR) is 132 cm³/mol. The number of methoxy groups -OCH3 is 1. The molecule has 0 spiro atoms. The van der Waals surface area contributed by atoms with Crippen LogP contribution < -0.4 is 5.32 Å². The number of carbonyl (C=O) groups is 1. The van der Waals surface area contributed by atoms with Crippen LogP contribution in [0.1, 0.15) is 117 Å². The Hall–Kier alpha value is -0.690. The molecule has 192 valence electrons. The van der Waals surface area contributed by atoms with E-state index in [0.29, 0.717) is 19.8 Å². The standard InChI is InChI=1S/C26H53NO5/c1-4-5-6-7-8-9-10-11-12-13-14-15-16-17-18-19-20-32-22-24(31-3)21-27-25(23(2)28)26(29)30/h23-25,27-28H,4-22H2,1-3H3,(H,29,30). The van der Waals surface area contributed by atoms with Gasteiger partial charge in [0.15, 0.2) is 0 Å². The Balaban J connectivity index is 3.39. The van der Waals surface area contributed by atoms with E-state index in [-0.39, 0.29) is 6.10 Å². The van der Waals surface area contributed by atoms with Crippen LogP contribution in [0, 0.1) is 0 Å². The Bertz CT molecular complexity index is 406. The van der Waals surface area contributed by atoms with Crippen molar-refractivity contribution in [2.45, 2.75) is 135 Å². The largest absolute Gasteiger partial charge is 0.480 e. The lowest BCUT2D eigenvalue weighted by Crippen LogP contribution is -2.48. The third-order valence-electron chi connectivity index (χ3n) is 6.09. The van der Waals surface area contributed by atoms with E-state index in [1.54, 1.807) is 7.11 Å². The summed E-state index contributed by atoms with van der Waals surface area (Å²) in [6, 6.07) is -0.993. The molecule has 0 aliphatic rings. The second kappa shape index (κ2) is 23.5. The zero-order valence-corrected chi connectivity index (χ0v) is 21.3. The Morgan fingerprint density at radius 1 is 0.812 bits per heavy atom. The fraction of sp³-hybridized carbons (Fsp3) is 0.962. The monoisotopic (exact) mass is 459 g/mol. The molecule has 3 N–H and O–H groups in total. The van der Waals surface area contributed by atoms with Crippen molar-refractivity contribution in [3.8, 4) is 0 Å². The molecule has 6 nitrogen and oxygen atoms in total. The maximum Gasteiger partial charge on any atom is 0.323 e. The van der Waals surface area contributed by atoms with Crippen molar-refractivity contribution < 1.29 is 24.5 Å². The van der Waals surface area contributed by atoms with E-state index in [2.05, 4.69) is 12.2 Å². The topological polar surface area (TPSA) is 88.0 Å². The van der Waals surface area contributed by atoms with Crippen LogP contribution in [-0.4, -0.2) is 61.3 Å². The first-order chi connectivity index (χ1) is 15.5. The van der Waals surface area contributed by atoms with Gasteiger partial charge < -0.3 is 19.7 Å². The Morgan fingerprint density at radius 2 is 1.25 bits per heavy atom. The van der Waals surface area contributed by atoms with Gasteiger partial charge in [0, 0.05) is 20.3 Å². The molecule has 0 aromatic rings. The average molecular weight is 460 g/mol. The van der Waals surface area contributed by atoms with E-state index < -0.39 is 18.1 Å². The molecule has 0 aliphatic carbocycles. The molecule has 0 rings (SSSR count). The SMILES string of the molecule is CCCCCCCCCCCCCCCCCCOCC(CNC(C(=O)O)C(C)O)OC. The van der Waals surface area contributed by atoms with Gasteiger partial charge in [0.25, 0.3) is 0 Å². The summed E-state index contributed by atoms with van der Waals surface area (Å²) in [5.41, 5.74) is 0. The third-order valence-corrected chi connectivity index (χ3v) is 6.09. The fourth-order valence-corrected chi connectivity index (χ4v) is 3.90. The molecular formula is C26H53NO5.